The van der Waals surface area contributed by atoms with Gasteiger partial charge < -0.3 is 10.1 Å². The fourth-order valence-electron chi connectivity index (χ4n) is 2.60. The molecule has 0 saturated carbocycles. The third kappa shape index (κ3) is 3.96. The predicted molar refractivity (Wildman–Crippen MR) is 100 cm³/mol. The Labute approximate surface area is 155 Å². The van der Waals surface area contributed by atoms with Crippen molar-refractivity contribution in [2.75, 3.05) is 12.4 Å². The number of aromatic nitrogens is 1. The van der Waals surface area contributed by atoms with Crippen LogP contribution in [0.15, 0.2) is 53.6 Å². The summed E-state index contributed by atoms with van der Waals surface area (Å²) in [6.07, 6.45) is 1.19. The van der Waals surface area contributed by atoms with Crippen LogP contribution in [0.2, 0.25) is 0 Å². The molecule has 0 aliphatic rings. The lowest BCUT2D eigenvalue weighted by Crippen LogP contribution is -2.12. The highest BCUT2D eigenvalue weighted by molar-refractivity contribution is 7.89. The lowest BCUT2D eigenvalue weighted by atomic mass is 10.1. The number of rotatable bonds is 6. The van der Waals surface area contributed by atoms with Crippen molar-refractivity contribution in [3.63, 3.8) is 0 Å². The van der Waals surface area contributed by atoms with Gasteiger partial charge in [0, 0.05) is 18.0 Å². The largest absolute Gasteiger partial charge is 0.497 e. The first kappa shape index (κ1) is 18.5. The van der Waals surface area contributed by atoms with E-state index in [1.165, 1.54) is 25.4 Å². The Morgan fingerprint density at radius 2 is 1.93 bits per heavy atom. The zero-order valence-corrected chi connectivity index (χ0v) is 15.1. The SMILES string of the molecule is COc1ccc2c(NCc3ccc(S(N)(=O)=O)cc3)c([N+](=O)[O-])cnc2c1. The maximum Gasteiger partial charge on any atom is 0.311 e. The Balaban J connectivity index is 1.95. The lowest BCUT2D eigenvalue weighted by Gasteiger charge is -2.11. The fraction of sp³-hybridized carbons (Fsp3) is 0.118. The monoisotopic (exact) mass is 388 g/mol. The number of primary sulfonamides is 1. The van der Waals surface area contributed by atoms with Crippen molar-refractivity contribution in [1.82, 2.24) is 4.98 Å². The summed E-state index contributed by atoms with van der Waals surface area (Å²) in [5.74, 6) is 0.591. The third-order valence-electron chi connectivity index (χ3n) is 3.97. The highest BCUT2D eigenvalue weighted by Gasteiger charge is 2.18. The lowest BCUT2D eigenvalue weighted by molar-refractivity contribution is -0.384. The van der Waals surface area contributed by atoms with Crippen LogP contribution in [0.3, 0.4) is 0 Å². The van der Waals surface area contributed by atoms with E-state index in [2.05, 4.69) is 10.3 Å². The van der Waals surface area contributed by atoms with Crippen LogP contribution in [0.4, 0.5) is 11.4 Å². The van der Waals surface area contributed by atoms with Crippen molar-refractivity contribution in [3.05, 3.63) is 64.3 Å². The van der Waals surface area contributed by atoms with E-state index < -0.39 is 14.9 Å². The van der Waals surface area contributed by atoms with Crippen LogP contribution in [0.25, 0.3) is 10.9 Å². The first-order valence-electron chi connectivity index (χ1n) is 7.76. The van der Waals surface area contributed by atoms with E-state index in [9.17, 15) is 18.5 Å². The third-order valence-corrected chi connectivity index (χ3v) is 4.90. The molecule has 0 bridgehead atoms. The van der Waals surface area contributed by atoms with Crippen LogP contribution in [-0.4, -0.2) is 25.4 Å². The molecule has 0 aliphatic heterocycles. The molecular weight excluding hydrogens is 372 g/mol. The molecule has 3 aromatic rings. The number of nitro groups is 1. The molecule has 1 aromatic heterocycles. The summed E-state index contributed by atoms with van der Waals surface area (Å²) in [5.41, 5.74) is 1.44. The molecule has 0 saturated heterocycles. The van der Waals surface area contributed by atoms with Gasteiger partial charge in [-0.3, -0.25) is 10.1 Å². The molecule has 0 spiro atoms. The summed E-state index contributed by atoms with van der Waals surface area (Å²) >= 11 is 0. The Morgan fingerprint density at radius 1 is 1.22 bits per heavy atom. The summed E-state index contributed by atoms with van der Waals surface area (Å²) in [4.78, 5) is 15.0. The Morgan fingerprint density at radius 3 is 2.52 bits per heavy atom. The predicted octanol–water partition coefficient (Wildman–Crippen LogP) is 2.41. The molecule has 3 rings (SSSR count). The van der Waals surface area contributed by atoms with Crippen LogP contribution in [-0.2, 0) is 16.6 Å². The molecular formula is C17H16N4O5S. The van der Waals surface area contributed by atoms with Gasteiger partial charge in [-0.15, -0.1) is 0 Å². The van der Waals surface area contributed by atoms with Crippen molar-refractivity contribution >= 4 is 32.3 Å². The maximum absolute atomic E-state index is 11.4. The summed E-state index contributed by atoms with van der Waals surface area (Å²) in [7, 11) is -2.25. The van der Waals surface area contributed by atoms with E-state index in [4.69, 9.17) is 9.88 Å². The van der Waals surface area contributed by atoms with E-state index >= 15 is 0 Å². The molecule has 27 heavy (non-hydrogen) atoms. The molecule has 140 valence electrons. The van der Waals surface area contributed by atoms with Gasteiger partial charge in [0.1, 0.15) is 17.6 Å². The molecule has 0 fully saturated rings. The van der Waals surface area contributed by atoms with Gasteiger partial charge in [0.05, 0.1) is 22.4 Å². The quantitative estimate of drug-likeness (QED) is 0.488. The molecule has 9 nitrogen and oxygen atoms in total. The number of benzene rings is 2. The Hall–Kier alpha value is -3.24. The molecule has 2 aromatic carbocycles. The first-order valence-corrected chi connectivity index (χ1v) is 9.31. The molecule has 0 atom stereocenters. The number of pyridine rings is 1. The summed E-state index contributed by atoms with van der Waals surface area (Å²) in [6.45, 7) is 0.247. The van der Waals surface area contributed by atoms with E-state index in [1.54, 1.807) is 30.3 Å². The Kier molecular flexibility index (Phi) is 4.93. The van der Waals surface area contributed by atoms with Crippen LogP contribution < -0.4 is 15.2 Å². The minimum atomic E-state index is -3.77. The average molecular weight is 388 g/mol. The van der Waals surface area contributed by atoms with Crippen molar-refractivity contribution in [2.24, 2.45) is 5.14 Å². The van der Waals surface area contributed by atoms with E-state index in [-0.39, 0.29) is 17.1 Å². The van der Waals surface area contributed by atoms with Gasteiger partial charge in [-0.05, 0) is 29.8 Å². The number of hydrogen-bond donors (Lipinski definition) is 2. The molecule has 0 amide bonds. The van der Waals surface area contributed by atoms with Gasteiger partial charge in [-0.2, -0.15) is 0 Å². The van der Waals surface area contributed by atoms with Crippen molar-refractivity contribution in [2.45, 2.75) is 11.4 Å². The summed E-state index contributed by atoms with van der Waals surface area (Å²) in [5, 5.41) is 20.1. The van der Waals surface area contributed by atoms with E-state index in [1.807, 2.05) is 0 Å². The fourth-order valence-corrected chi connectivity index (χ4v) is 3.12. The van der Waals surface area contributed by atoms with Gasteiger partial charge in [-0.1, -0.05) is 12.1 Å². The second kappa shape index (κ2) is 7.17. The maximum atomic E-state index is 11.4. The number of nitrogens with two attached hydrogens (primary N) is 1. The summed E-state index contributed by atoms with van der Waals surface area (Å²) in [6, 6.07) is 11.0. The van der Waals surface area contributed by atoms with Gasteiger partial charge in [0.2, 0.25) is 10.0 Å². The van der Waals surface area contributed by atoms with E-state index in [0.29, 0.717) is 22.3 Å². The zero-order valence-electron chi connectivity index (χ0n) is 14.2. The first-order chi connectivity index (χ1) is 12.8. The molecule has 3 N–H and O–H groups in total. The highest BCUT2D eigenvalue weighted by Crippen LogP contribution is 2.33. The van der Waals surface area contributed by atoms with Gasteiger partial charge in [0.25, 0.3) is 0 Å². The zero-order chi connectivity index (χ0) is 19.6. The summed E-state index contributed by atoms with van der Waals surface area (Å²) < 4.78 is 27.8. The van der Waals surface area contributed by atoms with Crippen molar-refractivity contribution in [1.29, 1.82) is 0 Å². The van der Waals surface area contributed by atoms with Gasteiger partial charge >= 0.3 is 5.69 Å². The standard InChI is InChI=1S/C17H16N4O5S/c1-26-12-4-7-14-15(8-12)19-10-16(21(22)23)17(14)20-9-11-2-5-13(6-3-11)27(18,24)25/h2-8,10H,9H2,1H3,(H,19,20)(H2,18,24,25). The number of sulfonamides is 1. The molecule has 0 unspecified atom stereocenters. The number of nitrogens with one attached hydrogen (secondary N) is 1. The molecule has 10 heteroatoms. The number of anilines is 1. The minimum absolute atomic E-state index is 0.00122. The molecule has 0 radical (unpaired) electrons. The minimum Gasteiger partial charge on any atom is -0.497 e. The van der Waals surface area contributed by atoms with Crippen LogP contribution in [0.1, 0.15) is 5.56 Å². The topological polar surface area (TPSA) is 137 Å². The van der Waals surface area contributed by atoms with E-state index in [0.717, 1.165) is 5.56 Å². The van der Waals surface area contributed by atoms with Crippen LogP contribution >= 0.6 is 0 Å². The van der Waals surface area contributed by atoms with Gasteiger partial charge in [0.15, 0.2) is 0 Å². The number of fused-ring (bicyclic) bond motifs is 1. The van der Waals surface area contributed by atoms with Crippen molar-refractivity contribution in [3.8, 4) is 5.75 Å². The second-order valence-electron chi connectivity index (χ2n) is 5.70. The van der Waals surface area contributed by atoms with Crippen LogP contribution in [0, 0.1) is 10.1 Å². The molecule has 0 aliphatic carbocycles. The average Bonchev–Trinajstić information content (AvgIpc) is 2.64. The number of hydrogen-bond acceptors (Lipinski definition) is 7. The van der Waals surface area contributed by atoms with Crippen LogP contribution in [0.5, 0.6) is 5.75 Å². The smallest absolute Gasteiger partial charge is 0.311 e. The normalized spacial score (nSPS) is 11.3. The molecule has 1 heterocycles. The second-order valence-corrected chi connectivity index (χ2v) is 7.26. The van der Waals surface area contributed by atoms with Gasteiger partial charge in [-0.25, -0.2) is 18.5 Å². The number of ether oxygens (including phenoxy) is 1. The Bertz CT molecular complexity index is 1110. The van der Waals surface area contributed by atoms with Crippen molar-refractivity contribution < 1.29 is 18.1 Å². The number of nitrogens with zero attached hydrogens (tertiary/aromatic N) is 2. The number of methoxy groups -OCH3 is 1. The highest BCUT2D eigenvalue weighted by atomic mass is 32.2.